The summed E-state index contributed by atoms with van der Waals surface area (Å²) < 4.78 is 1.92. The number of nitrogens with zero attached hydrogens (tertiary/aromatic N) is 3. The van der Waals surface area contributed by atoms with Crippen LogP contribution in [0.5, 0.6) is 0 Å². The highest BCUT2D eigenvalue weighted by molar-refractivity contribution is 5.78. The van der Waals surface area contributed by atoms with Crippen LogP contribution in [0.2, 0.25) is 0 Å². The van der Waals surface area contributed by atoms with E-state index in [4.69, 9.17) is 5.11 Å². The Labute approximate surface area is 150 Å². The van der Waals surface area contributed by atoms with Crippen molar-refractivity contribution in [2.24, 2.45) is 0 Å². The number of aliphatic hydroxyl groups is 1. The molecule has 3 rings (SSSR count). The van der Waals surface area contributed by atoms with E-state index < -0.39 is 0 Å². The van der Waals surface area contributed by atoms with Crippen LogP contribution in [0.4, 0.5) is 0 Å². The highest BCUT2D eigenvalue weighted by Gasteiger charge is 2.25. The van der Waals surface area contributed by atoms with E-state index in [0.717, 1.165) is 38.8 Å². The molecule has 25 heavy (non-hydrogen) atoms. The molecule has 1 amide bonds. The summed E-state index contributed by atoms with van der Waals surface area (Å²) in [5.74, 6) is 0.672. The maximum Gasteiger partial charge on any atom is 0.234 e. The minimum atomic E-state index is 0.120. The molecule has 1 saturated heterocycles. The Kier molecular flexibility index (Phi) is 6.87. The molecule has 0 unspecified atom stereocenters. The maximum absolute atomic E-state index is 12.3. The van der Waals surface area contributed by atoms with E-state index in [9.17, 15) is 4.79 Å². The fourth-order valence-corrected chi connectivity index (χ4v) is 4.26. The van der Waals surface area contributed by atoms with Crippen LogP contribution in [0.1, 0.15) is 63.0 Å². The number of piperidine rings is 1. The fraction of sp³-hybridized carbons (Fsp3) is 0.789. The van der Waals surface area contributed by atoms with Gasteiger partial charge in [-0.2, -0.15) is 5.10 Å². The van der Waals surface area contributed by atoms with Crippen LogP contribution in [0.25, 0.3) is 0 Å². The van der Waals surface area contributed by atoms with Gasteiger partial charge in [0.1, 0.15) is 0 Å². The van der Waals surface area contributed by atoms with E-state index in [1.807, 2.05) is 10.9 Å². The molecule has 1 aromatic rings. The first-order valence-corrected chi connectivity index (χ1v) is 9.90. The summed E-state index contributed by atoms with van der Waals surface area (Å²) in [4.78, 5) is 14.6. The Bertz CT molecular complexity index is 529. The van der Waals surface area contributed by atoms with Crippen molar-refractivity contribution in [1.29, 1.82) is 0 Å². The van der Waals surface area contributed by atoms with Gasteiger partial charge in [0.2, 0.25) is 5.91 Å². The number of hydrogen-bond donors (Lipinski definition) is 2. The lowest BCUT2D eigenvalue weighted by molar-refractivity contribution is -0.123. The number of carbonyl (C=O) groups is 1. The highest BCUT2D eigenvalue weighted by atomic mass is 16.3. The van der Waals surface area contributed by atoms with E-state index in [1.165, 1.54) is 31.4 Å². The average Bonchev–Trinajstić information content (AvgIpc) is 2.92. The minimum Gasteiger partial charge on any atom is -0.394 e. The van der Waals surface area contributed by atoms with Crippen LogP contribution in [-0.4, -0.2) is 58.0 Å². The van der Waals surface area contributed by atoms with Gasteiger partial charge < -0.3 is 10.4 Å². The predicted molar refractivity (Wildman–Crippen MR) is 97.4 cm³/mol. The second-order valence-corrected chi connectivity index (χ2v) is 7.51. The molecule has 1 aliphatic carbocycles. The van der Waals surface area contributed by atoms with Crippen molar-refractivity contribution in [2.45, 2.75) is 69.9 Å². The molecule has 2 N–H and O–H groups in total. The number of hydrogen-bond acceptors (Lipinski definition) is 4. The van der Waals surface area contributed by atoms with Gasteiger partial charge in [0.05, 0.1) is 19.7 Å². The quantitative estimate of drug-likeness (QED) is 0.770. The van der Waals surface area contributed by atoms with Crippen molar-refractivity contribution in [1.82, 2.24) is 20.0 Å². The molecule has 2 aliphatic rings. The smallest absolute Gasteiger partial charge is 0.234 e. The Balaban J connectivity index is 1.42. The van der Waals surface area contributed by atoms with Gasteiger partial charge in [-0.15, -0.1) is 0 Å². The van der Waals surface area contributed by atoms with Crippen molar-refractivity contribution >= 4 is 5.91 Å². The second kappa shape index (κ2) is 9.34. The van der Waals surface area contributed by atoms with Crippen molar-refractivity contribution in [3.63, 3.8) is 0 Å². The van der Waals surface area contributed by atoms with E-state index in [1.54, 1.807) is 0 Å². The Hall–Kier alpha value is -1.40. The van der Waals surface area contributed by atoms with Crippen molar-refractivity contribution < 1.29 is 9.90 Å². The van der Waals surface area contributed by atoms with Gasteiger partial charge in [-0.3, -0.25) is 14.4 Å². The van der Waals surface area contributed by atoms with Crippen molar-refractivity contribution in [2.75, 3.05) is 26.2 Å². The summed E-state index contributed by atoms with van der Waals surface area (Å²) in [6.07, 6.45) is 11.3. The predicted octanol–water partition coefficient (Wildman–Crippen LogP) is 1.89. The van der Waals surface area contributed by atoms with Crippen LogP contribution in [-0.2, 0) is 11.3 Å². The monoisotopic (exact) mass is 348 g/mol. The number of carbonyl (C=O) groups excluding carboxylic acids is 1. The van der Waals surface area contributed by atoms with Crippen LogP contribution in [0.3, 0.4) is 0 Å². The average molecular weight is 348 g/mol. The SMILES string of the molecule is O=C(CN1CCC(c2ccnn2CCO)CC1)NC1CCCCCC1. The number of nitrogens with one attached hydrogen (secondary N) is 1. The zero-order chi connectivity index (χ0) is 17.5. The fourth-order valence-electron chi connectivity index (χ4n) is 4.26. The summed E-state index contributed by atoms with van der Waals surface area (Å²) in [6, 6.07) is 2.45. The van der Waals surface area contributed by atoms with Crippen molar-refractivity contribution in [3.8, 4) is 0 Å². The molecular weight excluding hydrogens is 316 g/mol. The zero-order valence-electron chi connectivity index (χ0n) is 15.2. The molecule has 140 valence electrons. The number of rotatable bonds is 6. The lowest BCUT2D eigenvalue weighted by Gasteiger charge is -2.32. The molecule has 0 aromatic carbocycles. The Morgan fingerprint density at radius 2 is 1.88 bits per heavy atom. The van der Waals surface area contributed by atoms with Gasteiger partial charge in [-0.25, -0.2) is 0 Å². The highest BCUT2D eigenvalue weighted by Crippen LogP contribution is 2.27. The number of aliphatic hydroxyl groups excluding tert-OH is 1. The van der Waals surface area contributed by atoms with Crippen LogP contribution in [0, 0.1) is 0 Å². The first kappa shape index (κ1) is 18.4. The molecule has 1 aromatic heterocycles. The summed E-state index contributed by atoms with van der Waals surface area (Å²) in [5, 5.41) is 16.7. The summed E-state index contributed by atoms with van der Waals surface area (Å²) >= 11 is 0. The van der Waals surface area contributed by atoms with E-state index >= 15 is 0 Å². The normalized spacial score (nSPS) is 21.2. The van der Waals surface area contributed by atoms with Crippen LogP contribution in [0.15, 0.2) is 12.3 Å². The van der Waals surface area contributed by atoms with Gasteiger partial charge in [0.15, 0.2) is 0 Å². The minimum absolute atomic E-state index is 0.120. The molecule has 1 aliphatic heterocycles. The molecule has 0 radical (unpaired) electrons. The third-order valence-electron chi connectivity index (χ3n) is 5.65. The molecule has 6 nitrogen and oxygen atoms in total. The maximum atomic E-state index is 12.3. The van der Waals surface area contributed by atoms with Gasteiger partial charge in [-0.1, -0.05) is 25.7 Å². The second-order valence-electron chi connectivity index (χ2n) is 7.51. The third kappa shape index (κ3) is 5.28. The summed E-state index contributed by atoms with van der Waals surface area (Å²) in [6.45, 7) is 3.11. The van der Waals surface area contributed by atoms with Crippen LogP contribution < -0.4 is 5.32 Å². The first-order chi connectivity index (χ1) is 12.3. The molecule has 2 fully saturated rings. The summed E-state index contributed by atoms with van der Waals surface area (Å²) in [5.41, 5.74) is 1.22. The Morgan fingerprint density at radius 1 is 1.16 bits per heavy atom. The molecule has 2 heterocycles. The molecule has 0 atom stereocenters. The number of aromatic nitrogens is 2. The largest absolute Gasteiger partial charge is 0.394 e. The first-order valence-electron chi connectivity index (χ1n) is 9.90. The number of amides is 1. The molecule has 0 spiro atoms. The third-order valence-corrected chi connectivity index (χ3v) is 5.65. The van der Waals surface area contributed by atoms with E-state index in [2.05, 4.69) is 21.4 Å². The van der Waals surface area contributed by atoms with Gasteiger partial charge >= 0.3 is 0 Å². The number of likely N-dealkylation sites (tertiary alicyclic amines) is 1. The van der Waals surface area contributed by atoms with Gasteiger partial charge in [0, 0.05) is 23.9 Å². The molecule has 1 saturated carbocycles. The molecule has 0 bridgehead atoms. The van der Waals surface area contributed by atoms with Gasteiger partial charge in [0.25, 0.3) is 0 Å². The van der Waals surface area contributed by atoms with E-state index in [0.29, 0.717) is 25.0 Å². The summed E-state index contributed by atoms with van der Waals surface area (Å²) in [7, 11) is 0. The zero-order valence-corrected chi connectivity index (χ0v) is 15.2. The standard InChI is InChI=1S/C19H32N4O2/c24-14-13-23-18(7-10-20-23)16-8-11-22(12-9-16)15-19(25)21-17-5-3-1-2-4-6-17/h7,10,16-17,24H,1-6,8-9,11-15H2,(H,21,25). The molecular formula is C19H32N4O2. The lowest BCUT2D eigenvalue weighted by atomic mass is 9.93. The molecule has 6 heteroatoms. The topological polar surface area (TPSA) is 70.4 Å². The van der Waals surface area contributed by atoms with E-state index in [-0.39, 0.29) is 12.5 Å². The van der Waals surface area contributed by atoms with Crippen molar-refractivity contribution in [3.05, 3.63) is 18.0 Å². The Morgan fingerprint density at radius 3 is 2.56 bits per heavy atom. The van der Waals surface area contributed by atoms with Gasteiger partial charge in [-0.05, 0) is 44.8 Å². The lowest BCUT2D eigenvalue weighted by Crippen LogP contribution is -2.44. The van der Waals surface area contributed by atoms with Crippen LogP contribution >= 0.6 is 0 Å².